The molecule has 2 atom stereocenters. The Morgan fingerprint density at radius 3 is 2.52 bits per heavy atom. The average molecular weight is 359 g/mol. The van der Waals surface area contributed by atoms with Gasteiger partial charge in [0.25, 0.3) is 0 Å². The van der Waals surface area contributed by atoms with Gasteiger partial charge in [-0.25, -0.2) is 0 Å². The monoisotopic (exact) mass is 359 g/mol. The van der Waals surface area contributed by atoms with Crippen molar-refractivity contribution in [3.05, 3.63) is 78.0 Å². The van der Waals surface area contributed by atoms with Gasteiger partial charge in [-0.3, -0.25) is 4.98 Å². The van der Waals surface area contributed by atoms with E-state index in [2.05, 4.69) is 41.4 Å². The molecule has 1 aromatic heterocycles. The van der Waals surface area contributed by atoms with Crippen molar-refractivity contribution in [1.29, 1.82) is 0 Å². The van der Waals surface area contributed by atoms with E-state index < -0.39 is 6.10 Å². The quantitative estimate of drug-likeness (QED) is 0.697. The molecule has 3 aliphatic rings. The predicted octanol–water partition coefficient (Wildman–Crippen LogP) is 4.47. The summed E-state index contributed by atoms with van der Waals surface area (Å²) in [5.41, 5.74) is 3.40. The van der Waals surface area contributed by atoms with Gasteiger partial charge in [0.05, 0.1) is 18.6 Å². The van der Waals surface area contributed by atoms with Crippen molar-refractivity contribution < 1.29 is 9.59 Å². The first-order chi connectivity index (χ1) is 13.3. The van der Waals surface area contributed by atoms with Gasteiger partial charge >= 0.3 is 0 Å². The SMILES string of the molecule is O[C@H](c1ccnc2ccccc12)[C@@H]1CC2CC[N+]1(Cc1ccccc1)CC2. The van der Waals surface area contributed by atoms with Gasteiger partial charge in [0.1, 0.15) is 18.7 Å². The van der Waals surface area contributed by atoms with Crippen molar-refractivity contribution in [2.24, 2.45) is 5.92 Å². The maximum Gasteiger partial charge on any atom is 0.131 e. The van der Waals surface area contributed by atoms with Crippen LogP contribution in [0.5, 0.6) is 0 Å². The zero-order valence-corrected chi connectivity index (χ0v) is 15.7. The van der Waals surface area contributed by atoms with Crippen LogP contribution in [0.4, 0.5) is 0 Å². The molecule has 0 amide bonds. The predicted molar refractivity (Wildman–Crippen MR) is 108 cm³/mol. The second kappa shape index (κ2) is 6.74. The molecule has 3 fully saturated rings. The molecule has 1 N–H and O–H groups in total. The number of para-hydroxylation sites is 1. The minimum absolute atomic E-state index is 0.267. The molecule has 3 aromatic rings. The standard InChI is InChI=1S/C24H27N2O/c27-24(21-10-13-25-22-9-5-4-8-20(21)22)23-16-18-11-14-26(23,15-12-18)17-19-6-2-1-3-7-19/h1-10,13,18,23-24,27H,11-12,14-17H2/q+1/t18?,23-,24+,26?/m0/s1. The Hall–Kier alpha value is -2.23. The number of benzene rings is 2. The van der Waals surface area contributed by atoms with Crippen molar-refractivity contribution in [3.63, 3.8) is 0 Å². The minimum atomic E-state index is -0.440. The van der Waals surface area contributed by atoms with Crippen LogP contribution in [0.1, 0.15) is 36.5 Å². The highest BCUT2D eigenvalue weighted by Gasteiger charge is 2.50. The van der Waals surface area contributed by atoms with E-state index in [9.17, 15) is 5.11 Å². The third-order valence-electron chi connectivity index (χ3n) is 6.95. The summed E-state index contributed by atoms with van der Waals surface area (Å²) >= 11 is 0. The van der Waals surface area contributed by atoms with Crippen LogP contribution in [0.2, 0.25) is 0 Å². The van der Waals surface area contributed by atoms with E-state index in [0.29, 0.717) is 0 Å². The number of quaternary nitrogens is 1. The normalized spacial score (nSPS) is 28.3. The average Bonchev–Trinajstić information content (AvgIpc) is 2.74. The first-order valence-electron chi connectivity index (χ1n) is 10.2. The summed E-state index contributed by atoms with van der Waals surface area (Å²) in [4.78, 5) is 4.49. The highest BCUT2D eigenvalue weighted by molar-refractivity contribution is 5.82. The van der Waals surface area contributed by atoms with E-state index >= 15 is 0 Å². The Morgan fingerprint density at radius 1 is 0.963 bits per heavy atom. The second-order valence-corrected chi connectivity index (χ2v) is 8.42. The van der Waals surface area contributed by atoms with E-state index in [1.54, 1.807) is 0 Å². The fraction of sp³-hybridized carbons (Fsp3) is 0.375. The maximum absolute atomic E-state index is 11.6. The van der Waals surface area contributed by atoms with E-state index in [1.807, 2.05) is 30.5 Å². The molecule has 3 heteroatoms. The van der Waals surface area contributed by atoms with Crippen molar-refractivity contribution in [2.75, 3.05) is 13.1 Å². The molecule has 3 nitrogen and oxygen atoms in total. The van der Waals surface area contributed by atoms with Crippen molar-refractivity contribution in [1.82, 2.24) is 4.98 Å². The number of hydrogen-bond donors (Lipinski definition) is 1. The lowest BCUT2D eigenvalue weighted by Crippen LogP contribution is -2.65. The van der Waals surface area contributed by atoms with Gasteiger partial charge in [-0.15, -0.1) is 0 Å². The molecule has 0 aliphatic carbocycles. The van der Waals surface area contributed by atoms with Gasteiger partial charge in [-0.1, -0.05) is 48.5 Å². The first-order valence-corrected chi connectivity index (χ1v) is 10.2. The lowest BCUT2D eigenvalue weighted by Gasteiger charge is -2.55. The van der Waals surface area contributed by atoms with Crippen LogP contribution in [-0.2, 0) is 6.54 Å². The molecular weight excluding hydrogens is 332 g/mol. The summed E-state index contributed by atoms with van der Waals surface area (Å²) in [6.45, 7) is 3.40. The van der Waals surface area contributed by atoms with E-state index in [4.69, 9.17) is 0 Å². The molecule has 138 valence electrons. The van der Waals surface area contributed by atoms with Gasteiger partial charge in [-0.2, -0.15) is 0 Å². The highest BCUT2D eigenvalue weighted by atomic mass is 16.3. The molecule has 3 saturated heterocycles. The number of aromatic nitrogens is 1. The topological polar surface area (TPSA) is 33.1 Å². The fourth-order valence-electron chi connectivity index (χ4n) is 5.50. The largest absolute Gasteiger partial charge is 0.382 e. The number of pyridine rings is 1. The Morgan fingerprint density at radius 2 is 1.70 bits per heavy atom. The lowest BCUT2D eigenvalue weighted by molar-refractivity contribution is -0.981. The van der Waals surface area contributed by atoms with Crippen LogP contribution in [0.3, 0.4) is 0 Å². The summed E-state index contributed by atoms with van der Waals surface area (Å²) < 4.78 is 1.03. The van der Waals surface area contributed by atoms with Crippen LogP contribution in [-0.4, -0.2) is 33.7 Å². The molecule has 6 rings (SSSR count). The van der Waals surface area contributed by atoms with Crippen LogP contribution in [0.25, 0.3) is 10.9 Å². The summed E-state index contributed by atoms with van der Waals surface area (Å²) in [7, 11) is 0. The van der Waals surface area contributed by atoms with Gasteiger partial charge < -0.3 is 9.59 Å². The number of rotatable bonds is 4. The van der Waals surface area contributed by atoms with Crippen LogP contribution in [0.15, 0.2) is 66.9 Å². The molecule has 27 heavy (non-hydrogen) atoms. The van der Waals surface area contributed by atoms with E-state index in [-0.39, 0.29) is 6.04 Å². The van der Waals surface area contributed by atoms with Crippen molar-refractivity contribution in [3.8, 4) is 0 Å². The number of fused-ring (bicyclic) bond motifs is 4. The van der Waals surface area contributed by atoms with Gasteiger partial charge in [0.15, 0.2) is 0 Å². The molecule has 3 aliphatic heterocycles. The number of piperidine rings is 3. The summed E-state index contributed by atoms with van der Waals surface area (Å²) in [6, 6.07) is 21.3. The Bertz CT molecular complexity index is 926. The van der Waals surface area contributed by atoms with Crippen LogP contribution < -0.4 is 0 Å². The lowest BCUT2D eigenvalue weighted by atomic mass is 9.76. The van der Waals surface area contributed by atoms with Crippen molar-refractivity contribution in [2.45, 2.75) is 38.0 Å². The number of aliphatic hydroxyl groups is 1. The smallest absolute Gasteiger partial charge is 0.131 e. The summed E-state index contributed by atoms with van der Waals surface area (Å²) in [5.74, 6) is 0.772. The summed E-state index contributed by atoms with van der Waals surface area (Å²) in [6.07, 6.45) is 5.13. The van der Waals surface area contributed by atoms with Gasteiger partial charge in [-0.05, 0) is 36.5 Å². The fourth-order valence-corrected chi connectivity index (χ4v) is 5.50. The Labute approximate surface area is 160 Å². The molecule has 2 bridgehead atoms. The number of aliphatic hydroxyl groups excluding tert-OH is 1. The highest BCUT2D eigenvalue weighted by Crippen LogP contribution is 2.45. The van der Waals surface area contributed by atoms with Crippen molar-refractivity contribution >= 4 is 10.9 Å². The minimum Gasteiger partial charge on any atom is -0.382 e. The molecular formula is C24H27N2O+. The van der Waals surface area contributed by atoms with E-state index in [0.717, 1.165) is 39.8 Å². The Kier molecular flexibility index (Phi) is 4.22. The van der Waals surface area contributed by atoms with Crippen LogP contribution in [0, 0.1) is 5.92 Å². The molecule has 4 heterocycles. The third kappa shape index (κ3) is 2.95. The van der Waals surface area contributed by atoms with E-state index in [1.165, 1.54) is 31.5 Å². The van der Waals surface area contributed by atoms with Crippen LogP contribution >= 0.6 is 0 Å². The molecule has 0 radical (unpaired) electrons. The molecule has 0 saturated carbocycles. The molecule has 2 aromatic carbocycles. The number of hydrogen-bond acceptors (Lipinski definition) is 2. The molecule has 0 spiro atoms. The second-order valence-electron chi connectivity index (χ2n) is 8.42. The van der Waals surface area contributed by atoms with Gasteiger partial charge in [0.2, 0.25) is 0 Å². The third-order valence-corrected chi connectivity index (χ3v) is 6.95. The zero-order valence-electron chi connectivity index (χ0n) is 15.7. The number of nitrogens with zero attached hydrogens (tertiary/aromatic N) is 2. The first kappa shape index (κ1) is 16.9. The Balaban J connectivity index is 1.53. The summed E-state index contributed by atoms with van der Waals surface area (Å²) in [5, 5.41) is 12.7. The zero-order chi connectivity index (χ0) is 18.3. The maximum atomic E-state index is 11.6. The molecule has 0 unspecified atom stereocenters. The van der Waals surface area contributed by atoms with Gasteiger partial charge in [0, 0.05) is 23.6 Å².